The van der Waals surface area contributed by atoms with Gasteiger partial charge in [0.15, 0.2) is 5.71 Å². The number of halogens is 1. The maximum atomic E-state index is 8.49. The number of fused-ring (bicyclic) bond motifs is 2. The summed E-state index contributed by atoms with van der Waals surface area (Å²) in [4.78, 5) is 2.67. The monoisotopic (exact) mass is 989 g/mol. The Balaban J connectivity index is 0.00000246. The van der Waals surface area contributed by atoms with Crippen LogP contribution in [0.4, 0.5) is 11.4 Å². The summed E-state index contributed by atoms with van der Waals surface area (Å²) in [5, 5.41) is 0. The third-order valence-corrected chi connectivity index (χ3v) is 15.6. The predicted octanol–water partition coefficient (Wildman–Crippen LogP) is 15.6. The van der Waals surface area contributed by atoms with Crippen LogP contribution in [0.2, 0.25) is 0 Å². The summed E-state index contributed by atoms with van der Waals surface area (Å²) in [6.07, 6.45) is 58.5. The van der Waals surface area contributed by atoms with E-state index in [-0.39, 0.29) is 10.8 Å². The number of rotatable bonds is 40. The van der Waals surface area contributed by atoms with Gasteiger partial charge in [-0.2, -0.15) is 4.58 Å². The number of benzene rings is 2. The van der Waals surface area contributed by atoms with Crippen LogP contribution in [0.1, 0.15) is 284 Å². The minimum Gasteiger partial charge on any atom is -0.344 e. The number of nitrogens with zero attached hydrogens (tertiary/aromatic N) is 2. The molecule has 6 nitrogen and oxygen atoms in total. The van der Waals surface area contributed by atoms with E-state index in [4.69, 9.17) is 18.6 Å². The number of allylic oxidation sites excluding steroid dienone is 4. The number of hydrogen-bond acceptors (Lipinski definition) is 5. The van der Waals surface area contributed by atoms with Crippen molar-refractivity contribution in [1.29, 1.82) is 0 Å². The molecule has 2 heterocycles. The SMILES string of the molecule is CCCCCCCCCCCCCCCCCCCCN1C(=C/C=C/C2=[N+](CCCCCCCCCCCCCCCCCCCC)c3ccccc3C2(C)C)C(C)(C)c2ccccc21.[O-][Cl+3]([O-])([O-])[O-]. The molecule has 0 amide bonds. The van der Waals surface area contributed by atoms with E-state index in [1.54, 1.807) is 0 Å². The Labute approximate surface area is 433 Å². The zero-order valence-corrected chi connectivity index (χ0v) is 46.9. The van der Waals surface area contributed by atoms with Crippen molar-refractivity contribution in [3.05, 3.63) is 83.6 Å². The molecule has 0 atom stereocenters. The van der Waals surface area contributed by atoms with Gasteiger partial charge in [0.25, 0.3) is 0 Å². The minimum absolute atomic E-state index is 0.0133. The molecule has 0 spiro atoms. The van der Waals surface area contributed by atoms with Gasteiger partial charge >= 0.3 is 0 Å². The normalized spacial score (nSPS) is 15.6. The lowest BCUT2D eigenvalue weighted by atomic mass is 9.81. The highest BCUT2D eigenvalue weighted by atomic mass is 35.7. The van der Waals surface area contributed by atoms with Crippen molar-refractivity contribution >= 4 is 17.1 Å². The molecule has 2 aliphatic heterocycles. The van der Waals surface area contributed by atoms with E-state index in [1.165, 1.54) is 265 Å². The first-order chi connectivity index (χ1) is 33.8. The van der Waals surface area contributed by atoms with Crippen molar-refractivity contribution in [1.82, 2.24) is 0 Å². The quantitative estimate of drug-likeness (QED) is 0.0489. The van der Waals surface area contributed by atoms with Crippen LogP contribution in [0, 0.1) is 10.2 Å². The van der Waals surface area contributed by atoms with Crippen LogP contribution in [0.3, 0.4) is 0 Å². The first-order valence-electron chi connectivity index (χ1n) is 29.5. The molecule has 2 aliphatic rings. The average molecular weight is 990 g/mol. The van der Waals surface area contributed by atoms with E-state index in [0.29, 0.717) is 0 Å². The van der Waals surface area contributed by atoms with Gasteiger partial charge in [-0.05, 0) is 44.4 Å². The van der Waals surface area contributed by atoms with Crippen LogP contribution < -0.4 is 23.5 Å². The van der Waals surface area contributed by atoms with Crippen LogP contribution in [0.5, 0.6) is 0 Å². The molecule has 70 heavy (non-hydrogen) atoms. The van der Waals surface area contributed by atoms with Crippen molar-refractivity contribution in [3.8, 4) is 0 Å². The third kappa shape index (κ3) is 24.5. The number of hydrogen-bond donors (Lipinski definition) is 0. The van der Waals surface area contributed by atoms with E-state index in [9.17, 15) is 0 Å². The Kier molecular flexibility index (Phi) is 32.2. The molecule has 0 aliphatic carbocycles. The first-order valence-corrected chi connectivity index (χ1v) is 30.7. The molecule has 2 aromatic carbocycles. The second-order valence-corrected chi connectivity index (χ2v) is 23.0. The number of unbranched alkanes of at least 4 members (excludes halogenated alkanes) is 34. The molecular weight excluding hydrogens is 884 g/mol. The van der Waals surface area contributed by atoms with Crippen LogP contribution in [0.15, 0.2) is 72.5 Å². The highest BCUT2D eigenvalue weighted by Crippen LogP contribution is 2.48. The highest BCUT2D eigenvalue weighted by Gasteiger charge is 2.44. The third-order valence-electron chi connectivity index (χ3n) is 15.6. The molecule has 0 aromatic heterocycles. The lowest BCUT2D eigenvalue weighted by molar-refractivity contribution is -2.00. The van der Waals surface area contributed by atoms with Gasteiger partial charge in [0.1, 0.15) is 6.54 Å². The standard InChI is InChI=1S/C63H105N2.ClHO4/c1-7-9-11-13-15-17-19-21-23-25-27-29-31-33-35-37-39-45-54-64-58-50-43-41-48-56(58)62(3,4)60(64)52-47-53-61-63(5,6)57-49-42-44-51-59(57)65(61)55-46-40-38-36-34-32-30-28-26-24-22-20-18-16-14-12-10-8-2;2-1(3,4)5/h41-44,47-53H,7-40,45-46,54-55H2,1-6H3;(H,2,3,4,5)/q+1;/p-1. The van der Waals surface area contributed by atoms with Gasteiger partial charge < -0.3 is 4.90 Å². The summed E-state index contributed by atoms with van der Waals surface area (Å²) in [5.74, 6) is 0. The molecule has 0 bridgehead atoms. The van der Waals surface area contributed by atoms with Gasteiger partial charge in [0, 0.05) is 47.5 Å². The molecule has 0 N–H and O–H groups in total. The minimum atomic E-state index is -4.94. The second-order valence-electron chi connectivity index (χ2n) is 22.3. The van der Waals surface area contributed by atoms with Crippen LogP contribution in [0.25, 0.3) is 0 Å². The van der Waals surface area contributed by atoms with Crippen LogP contribution in [-0.2, 0) is 10.8 Å². The Hall–Kier alpha value is -2.48. The van der Waals surface area contributed by atoms with Gasteiger partial charge in [-0.25, -0.2) is 18.6 Å². The zero-order chi connectivity index (χ0) is 50.8. The van der Waals surface area contributed by atoms with Crippen molar-refractivity contribution in [2.24, 2.45) is 0 Å². The lowest BCUT2D eigenvalue weighted by Crippen LogP contribution is -2.68. The second kappa shape index (κ2) is 36.4. The van der Waals surface area contributed by atoms with E-state index >= 15 is 0 Å². The number of anilines is 1. The van der Waals surface area contributed by atoms with Gasteiger partial charge in [-0.15, -0.1) is 10.2 Å². The van der Waals surface area contributed by atoms with Gasteiger partial charge in [-0.1, -0.05) is 282 Å². The maximum absolute atomic E-state index is 8.49. The molecular formula is C63H105ClN2O4. The highest BCUT2D eigenvalue weighted by molar-refractivity contribution is 6.03. The summed E-state index contributed by atoms with van der Waals surface area (Å²) in [7, 11) is -4.94. The summed E-state index contributed by atoms with van der Waals surface area (Å²) in [6, 6.07) is 18.4. The van der Waals surface area contributed by atoms with Crippen molar-refractivity contribution in [2.75, 3.05) is 18.0 Å². The van der Waals surface area contributed by atoms with Crippen LogP contribution >= 0.6 is 0 Å². The average Bonchev–Trinajstić information content (AvgIpc) is 3.68. The fourth-order valence-electron chi connectivity index (χ4n) is 11.3. The fourth-order valence-corrected chi connectivity index (χ4v) is 11.3. The van der Waals surface area contributed by atoms with E-state index in [0.717, 1.165) is 13.1 Å². The zero-order valence-electron chi connectivity index (χ0n) is 46.1. The molecule has 0 unspecified atom stereocenters. The van der Waals surface area contributed by atoms with Gasteiger partial charge in [0.05, 0.1) is 5.41 Å². The molecule has 2 aromatic rings. The molecule has 0 fully saturated rings. The fraction of sp³-hybridized carbons (Fsp3) is 0.730. The van der Waals surface area contributed by atoms with Gasteiger partial charge in [-0.3, -0.25) is 0 Å². The summed E-state index contributed by atoms with van der Waals surface area (Å²) >= 11 is 0. The van der Waals surface area contributed by atoms with E-state index in [1.807, 2.05) is 0 Å². The largest absolute Gasteiger partial charge is 0.344 e. The lowest BCUT2D eigenvalue weighted by Gasteiger charge is -2.27. The van der Waals surface area contributed by atoms with Crippen LogP contribution in [-0.4, -0.2) is 23.4 Å². The topological polar surface area (TPSA) is 98.5 Å². The Morgan fingerprint density at radius 3 is 1.20 bits per heavy atom. The first kappa shape index (κ1) is 61.8. The van der Waals surface area contributed by atoms with Crippen molar-refractivity contribution in [2.45, 2.75) is 284 Å². The molecule has 7 heteroatoms. The van der Waals surface area contributed by atoms with E-state index in [2.05, 4.69) is 118 Å². The number of para-hydroxylation sites is 2. The predicted molar refractivity (Wildman–Crippen MR) is 291 cm³/mol. The van der Waals surface area contributed by atoms with Gasteiger partial charge in [0.2, 0.25) is 5.69 Å². The smallest absolute Gasteiger partial charge is 0.209 e. The molecule has 0 saturated carbocycles. The summed E-state index contributed by atoms with van der Waals surface area (Å²) in [5.41, 5.74) is 8.65. The Morgan fingerprint density at radius 2 is 0.786 bits per heavy atom. The maximum Gasteiger partial charge on any atom is 0.209 e. The Morgan fingerprint density at radius 1 is 0.443 bits per heavy atom. The van der Waals surface area contributed by atoms with Crippen molar-refractivity contribution < 1.29 is 33.5 Å². The molecule has 0 saturated heterocycles. The Bertz CT molecular complexity index is 1740. The summed E-state index contributed by atoms with van der Waals surface area (Å²) < 4.78 is 36.6. The van der Waals surface area contributed by atoms with E-state index < -0.39 is 10.2 Å². The molecule has 4 rings (SSSR count). The molecule has 0 radical (unpaired) electrons. The molecule has 398 valence electrons. The summed E-state index contributed by atoms with van der Waals surface area (Å²) in [6.45, 7) is 16.6. The van der Waals surface area contributed by atoms with Crippen molar-refractivity contribution in [3.63, 3.8) is 0 Å².